The molecule has 0 unspecified atom stereocenters. The summed E-state index contributed by atoms with van der Waals surface area (Å²) < 4.78 is 3.21. The highest BCUT2D eigenvalue weighted by Gasteiger charge is 2.20. The van der Waals surface area contributed by atoms with Crippen molar-refractivity contribution in [1.82, 2.24) is 24.5 Å². The predicted octanol–water partition coefficient (Wildman–Crippen LogP) is 0.990. The van der Waals surface area contributed by atoms with Crippen molar-refractivity contribution in [2.45, 2.75) is 13.5 Å². The van der Waals surface area contributed by atoms with E-state index in [0.29, 0.717) is 17.9 Å². The van der Waals surface area contributed by atoms with Crippen LogP contribution in [0.3, 0.4) is 0 Å². The van der Waals surface area contributed by atoms with Gasteiger partial charge in [0.1, 0.15) is 5.69 Å². The normalized spacial score (nSPS) is 11.0. The summed E-state index contributed by atoms with van der Waals surface area (Å²) in [7, 11) is 5.11. The highest BCUT2D eigenvalue weighted by molar-refractivity contribution is 6.06. The van der Waals surface area contributed by atoms with Crippen molar-refractivity contribution in [1.29, 1.82) is 0 Å². The van der Waals surface area contributed by atoms with E-state index in [1.165, 1.54) is 17.2 Å². The maximum atomic E-state index is 12.3. The lowest BCUT2D eigenvalue weighted by molar-refractivity contribution is -0.111. The molecule has 23 heavy (non-hydrogen) atoms. The Hall–Kier alpha value is -2.90. The van der Waals surface area contributed by atoms with Crippen LogP contribution in [0.25, 0.3) is 6.08 Å². The molecule has 2 rings (SSSR count). The van der Waals surface area contributed by atoms with Crippen LogP contribution in [0.2, 0.25) is 0 Å². The van der Waals surface area contributed by atoms with Gasteiger partial charge >= 0.3 is 0 Å². The van der Waals surface area contributed by atoms with Crippen molar-refractivity contribution in [3.63, 3.8) is 0 Å². The van der Waals surface area contributed by atoms with Crippen LogP contribution in [0.4, 0.5) is 5.69 Å². The van der Waals surface area contributed by atoms with Gasteiger partial charge in [0.2, 0.25) is 5.91 Å². The molecule has 8 heteroatoms. The van der Waals surface area contributed by atoms with E-state index in [4.69, 9.17) is 0 Å². The Morgan fingerprint density at radius 2 is 2.04 bits per heavy atom. The molecule has 0 aliphatic rings. The Bertz CT molecular complexity index is 741. The lowest BCUT2D eigenvalue weighted by Gasteiger charge is -2.13. The average molecular weight is 316 g/mol. The molecule has 0 aromatic carbocycles. The molecular formula is C15H20N6O2. The molecule has 0 bridgehead atoms. The molecule has 0 saturated heterocycles. The zero-order valence-corrected chi connectivity index (χ0v) is 13.6. The molecule has 0 spiro atoms. The Morgan fingerprint density at radius 3 is 2.61 bits per heavy atom. The van der Waals surface area contributed by atoms with Crippen LogP contribution in [0, 0.1) is 0 Å². The van der Waals surface area contributed by atoms with Crippen molar-refractivity contribution < 1.29 is 9.59 Å². The quantitative estimate of drug-likeness (QED) is 0.834. The van der Waals surface area contributed by atoms with Crippen molar-refractivity contribution in [2.75, 3.05) is 19.4 Å². The van der Waals surface area contributed by atoms with Gasteiger partial charge in [0.25, 0.3) is 5.91 Å². The summed E-state index contributed by atoms with van der Waals surface area (Å²) in [6.45, 7) is 2.42. The minimum Gasteiger partial charge on any atom is -0.343 e. The summed E-state index contributed by atoms with van der Waals surface area (Å²) in [5, 5.41) is 10.8. The maximum Gasteiger partial charge on any atom is 0.273 e. The third kappa shape index (κ3) is 3.85. The second-order valence-corrected chi connectivity index (χ2v) is 5.19. The van der Waals surface area contributed by atoms with Gasteiger partial charge in [-0.1, -0.05) is 0 Å². The highest BCUT2D eigenvalue weighted by Crippen LogP contribution is 2.17. The largest absolute Gasteiger partial charge is 0.343 e. The number of hydrogen-bond acceptors (Lipinski definition) is 4. The Labute approximate surface area is 134 Å². The molecule has 0 atom stereocenters. The summed E-state index contributed by atoms with van der Waals surface area (Å²) in [6.07, 6.45) is 7.97. The minimum atomic E-state index is -0.336. The van der Waals surface area contributed by atoms with Gasteiger partial charge in [-0.15, -0.1) is 0 Å². The predicted molar refractivity (Wildman–Crippen MR) is 86.8 cm³/mol. The van der Waals surface area contributed by atoms with Crippen LogP contribution >= 0.6 is 0 Å². The van der Waals surface area contributed by atoms with Gasteiger partial charge < -0.3 is 10.2 Å². The molecule has 0 radical (unpaired) electrons. The summed E-state index contributed by atoms with van der Waals surface area (Å²) in [5.41, 5.74) is 1.57. The van der Waals surface area contributed by atoms with Gasteiger partial charge in [0.15, 0.2) is 0 Å². The zero-order valence-electron chi connectivity index (χ0n) is 13.6. The average Bonchev–Trinajstić information content (AvgIpc) is 3.10. The smallest absolute Gasteiger partial charge is 0.273 e. The molecule has 0 aliphatic heterocycles. The van der Waals surface area contributed by atoms with E-state index in [1.54, 1.807) is 49.0 Å². The second-order valence-electron chi connectivity index (χ2n) is 5.19. The lowest BCUT2D eigenvalue weighted by atomic mass is 10.3. The Balaban J connectivity index is 2.16. The molecule has 0 fully saturated rings. The minimum absolute atomic E-state index is 0.212. The van der Waals surface area contributed by atoms with Gasteiger partial charge in [-0.25, -0.2) is 0 Å². The third-order valence-electron chi connectivity index (χ3n) is 3.16. The third-order valence-corrected chi connectivity index (χ3v) is 3.16. The summed E-state index contributed by atoms with van der Waals surface area (Å²) in [5.74, 6) is -0.548. The standard InChI is InChI=1S/C15H20N6O2/c1-5-21-14(15(23)19(2)3)12(9-17-21)18-13(22)7-6-11-8-16-20(4)10-11/h6-10H,5H2,1-4H3,(H,18,22)/b7-6+. The molecule has 0 aliphatic carbocycles. The first-order valence-corrected chi connectivity index (χ1v) is 7.17. The van der Waals surface area contributed by atoms with E-state index in [9.17, 15) is 9.59 Å². The fourth-order valence-corrected chi connectivity index (χ4v) is 2.03. The van der Waals surface area contributed by atoms with Crippen LogP contribution in [-0.4, -0.2) is 50.4 Å². The number of aromatic nitrogens is 4. The van der Waals surface area contributed by atoms with E-state index >= 15 is 0 Å². The first kappa shape index (κ1) is 16.5. The molecule has 2 aromatic rings. The number of rotatable bonds is 5. The Kier molecular flexibility index (Phi) is 4.95. The molecule has 0 saturated carbocycles. The molecular weight excluding hydrogens is 296 g/mol. The molecule has 8 nitrogen and oxygen atoms in total. The number of anilines is 1. The van der Waals surface area contributed by atoms with Gasteiger partial charge in [-0.3, -0.25) is 19.0 Å². The van der Waals surface area contributed by atoms with Crippen molar-refractivity contribution >= 4 is 23.6 Å². The van der Waals surface area contributed by atoms with Gasteiger partial charge in [-0.05, 0) is 13.0 Å². The Morgan fingerprint density at radius 1 is 1.30 bits per heavy atom. The lowest BCUT2D eigenvalue weighted by Crippen LogP contribution is -2.26. The highest BCUT2D eigenvalue weighted by atomic mass is 16.2. The molecule has 122 valence electrons. The van der Waals surface area contributed by atoms with E-state index in [1.807, 2.05) is 6.92 Å². The van der Waals surface area contributed by atoms with E-state index < -0.39 is 0 Å². The number of nitrogens with one attached hydrogen (secondary N) is 1. The van der Waals surface area contributed by atoms with Crippen LogP contribution in [-0.2, 0) is 18.4 Å². The van der Waals surface area contributed by atoms with Crippen molar-refractivity contribution in [2.24, 2.45) is 7.05 Å². The van der Waals surface area contributed by atoms with Gasteiger partial charge in [0, 0.05) is 45.5 Å². The number of carbonyl (C=O) groups is 2. The topological polar surface area (TPSA) is 85.0 Å². The first-order valence-electron chi connectivity index (χ1n) is 7.17. The van der Waals surface area contributed by atoms with E-state index in [2.05, 4.69) is 15.5 Å². The second kappa shape index (κ2) is 6.91. The molecule has 2 aromatic heterocycles. The SMILES string of the molecule is CCn1ncc(NC(=O)/C=C/c2cnn(C)c2)c1C(=O)N(C)C. The first-order chi connectivity index (χ1) is 10.9. The number of aryl methyl sites for hydroxylation is 2. The summed E-state index contributed by atoms with van der Waals surface area (Å²) in [4.78, 5) is 25.8. The van der Waals surface area contributed by atoms with Crippen LogP contribution in [0.5, 0.6) is 0 Å². The fraction of sp³-hybridized carbons (Fsp3) is 0.333. The van der Waals surface area contributed by atoms with Crippen LogP contribution in [0.1, 0.15) is 23.0 Å². The molecule has 2 heterocycles. The molecule has 1 N–H and O–H groups in total. The van der Waals surface area contributed by atoms with Gasteiger partial charge in [0.05, 0.1) is 18.1 Å². The van der Waals surface area contributed by atoms with E-state index in [-0.39, 0.29) is 11.8 Å². The van der Waals surface area contributed by atoms with E-state index in [0.717, 1.165) is 5.56 Å². The van der Waals surface area contributed by atoms with Crippen molar-refractivity contribution in [3.8, 4) is 0 Å². The monoisotopic (exact) mass is 316 g/mol. The number of hydrogen-bond donors (Lipinski definition) is 1. The number of carbonyl (C=O) groups excluding carboxylic acids is 2. The van der Waals surface area contributed by atoms with Crippen LogP contribution in [0.15, 0.2) is 24.7 Å². The molecule has 2 amide bonds. The zero-order chi connectivity index (χ0) is 17.0. The van der Waals surface area contributed by atoms with Crippen molar-refractivity contribution in [3.05, 3.63) is 35.9 Å². The fourth-order valence-electron chi connectivity index (χ4n) is 2.03. The summed E-state index contributed by atoms with van der Waals surface area (Å²) >= 11 is 0. The summed E-state index contributed by atoms with van der Waals surface area (Å²) in [6, 6.07) is 0. The maximum absolute atomic E-state index is 12.3. The van der Waals surface area contributed by atoms with Crippen LogP contribution < -0.4 is 5.32 Å². The van der Waals surface area contributed by atoms with Gasteiger partial charge in [-0.2, -0.15) is 10.2 Å². The number of nitrogens with zero attached hydrogens (tertiary/aromatic N) is 5. The number of amides is 2.